The quantitative estimate of drug-likeness (QED) is 0.209. The molecule has 1 unspecified atom stereocenters. The van der Waals surface area contributed by atoms with Crippen molar-refractivity contribution in [2.45, 2.75) is 110 Å². The van der Waals surface area contributed by atoms with Crippen molar-refractivity contribution >= 4 is 46.1 Å². The van der Waals surface area contributed by atoms with E-state index in [4.69, 9.17) is 29.9 Å². The van der Waals surface area contributed by atoms with Gasteiger partial charge >= 0.3 is 12.0 Å². The Labute approximate surface area is 372 Å². The first kappa shape index (κ1) is 44.7. The highest BCUT2D eigenvalue weighted by atomic mass is 32.1. The summed E-state index contributed by atoms with van der Waals surface area (Å²) in [4.78, 5) is 69.7. The lowest BCUT2D eigenvalue weighted by atomic mass is 9.84. The standard InChI is InChI=1S/C46H61N9O7S/c1-9-53-35-15-14-28-18-30(35)31(40(53)29-12-10-16-48-38(29)27(4)60-8)20-45(5,6)24-62-43(58)32-13-11-17-55(51-32)42(57)33(19-37-49-34(28)22-63-37)50-41(56)39(26(2)3)52(7)44(59)54-23-46(47)25-61-21-36(46)54/h10,12,14-16,18,22,26-27,32-33,36,39,51H,9,11,13,17,19-21,23-25,47H2,1-8H3,(H,50,56)/t27-,32-,33-,36+,39?,46+/m0/s1. The number of hydrogen-bond acceptors (Lipinski definition) is 12. The van der Waals surface area contributed by atoms with E-state index in [9.17, 15) is 19.2 Å². The molecule has 8 rings (SSSR count). The van der Waals surface area contributed by atoms with Gasteiger partial charge in [0.25, 0.3) is 5.91 Å². The number of carbonyl (C=O) groups is 4. The summed E-state index contributed by atoms with van der Waals surface area (Å²) in [6.45, 7) is 14.3. The molecule has 0 radical (unpaired) electrons. The lowest BCUT2D eigenvalue weighted by Crippen LogP contribution is -2.76. The molecular weight excluding hydrogens is 823 g/mol. The Morgan fingerprint density at radius 2 is 1.97 bits per heavy atom. The first-order valence-corrected chi connectivity index (χ1v) is 22.9. The number of likely N-dealkylation sites (N-methyl/N-ethyl adjacent to an activating group) is 1. The molecule has 6 bridgehead atoms. The maximum atomic E-state index is 14.6. The molecule has 0 aliphatic carbocycles. The predicted molar refractivity (Wildman–Crippen MR) is 239 cm³/mol. The van der Waals surface area contributed by atoms with Crippen LogP contribution in [-0.4, -0.2) is 130 Å². The van der Waals surface area contributed by atoms with Crippen LogP contribution in [0.2, 0.25) is 0 Å². The first-order valence-electron chi connectivity index (χ1n) is 22.1. The van der Waals surface area contributed by atoms with Gasteiger partial charge in [-0.1, -0.05) is 33.8 Å². The minimum Gasteiger partial charge on any atom is -0.464 e. The van der Waals surface area contributed by atoms with Crippen LogP contribution in [0.1, 0.15) is 76.8 Å². The van der Waals surface area contributed by atoms with E-state index in [0.717, 1.165) is 44.7 Å². The fourth-order valence-electron chi connectivity index (χ4n) is 9.76. The number of rotatable bonds is 8. The molecule has 3 saturated heterocycles. The van der Waals surface area contributed by atoms with Crippen LogP contribution in [0.5, 0.6) is 0 Å². The van der Waals surface area contributed by atoms with E-state index in [1.807, 2.05) is 32.2 Å². The summed E-state index contributed by atoms with van der Waals surface area (Å²) in [5.74, 6) is -1.63. The van der Waals surface area contributed by atoms with Crippen molar-refractivity contribution in [3.8, 4) is 22.5 Å². The van der Waals surface area contributed by atoms with Crippen molar-refractivity contribution in [1.82, 2.24) is 40.1 Å². The molecule has 4 aliphatic heterocycles. The van der Waals surface area contributed by atoms with Crippen LogP contribution in [0.4, 0.5) is 4.79 Å². The average Bonchev–Trinajstić information content (AvgIpc) is 3.94. The number of pyridine rings is 1. The smallest absolute Gasteiger partial charge is 0.324 e. The van der Waals surface area contributed by atoms with Gasteiger partial charge in [-0.3, -0.25) is 24.4 Å². The molecule has 4 N–H and O–H groups in total. The summed E-state index contributed by atoms with van der Waals surface area (Å²) >= 11 is 1.42. The second kappa shape index (κ2) is 17.6. The number of nitrogens with two attached hydrogens (primary N) is 1. The number of likely N-dealkylation sites (tertiary alicyclic amines) is 1. The second-order valence-corrected chi connectivity index (χ2v) is 19.7. The van der Waals surface area contributed by atoms with Gasteiger partial charge in [0, 0.05) is 79.2 Å². The molecule has 0 spiro atoms. The van der Waals surface area contributed by atoms with E-state index in [2.05, 4.69) is 60.3 Å². The maximum Gasteiger partial charge on any atom is 0.324 e. The lowest BCUT2D eigenvalue weighted by molar-refractivity contribution is -0.155. The number of methoxy groups -OCH3 is 1. The highest BCUT2D eigenvalue weighted by molar-refractivity contribution is 7.10. The van der Waals surface area contributed by atoms with Gasteiger partial charge in [-0.05, 0) is 68.9 Å². The van der Waals surface area contributed by atoms with Crippen LogP contribution in [0, 0.1) is 11.3 Å². The minimum absolute atomic E-state index is 0.0890. The molecular formula is C46H61N9O7S. The second-order valence-electron chi connectivity index (χ2n) is 18.7. The summed E-state index contributed by atoms with van der Waals surface area (Å²) in [6.07, 6.45) is 3.24. The van der Waals surface area contributed by atoms with Crippen molar-refractivity contribution in [2.75, 3.05) is 47.1 Å². The summed E-state index contributed by atoms with van der Waals surface area (Å²) in [5.41, 5.74) is 15.2. The topological polar surface area (TPSA) is 186 Å². The fraction of sp³-hybridized carbons (Fsp3) is 0.565. The van der Waals surface area contributed by atoms with Crippen molar-refractivity contribution in [3.05, 3.63) is 58.2 Å². The van der Waals surface area contributed by atoms with Crippen LogP contribution in [-0.2, 0) is 48.0 Å². The number of nitrogens with zero attached hydrogens (tertiary/aromatic N) is 6. The Morgan fingerprint density at radius 3 is 2.70 bits per heavy atom. The third-order valence-corrected chi connectivity index (χ3v) is 14.0. The van der Waals surface area contributed by atoms with Gasteiger partial charge in [-0.25, -0.2) is 15.2 Å². The number of hydrazine groups is 1. The first-order chi connectivity index (χ1) is 30.0. The minimum atomic E-state index is -1.07. The average molecular weight is 884 g/mol. The van der Waals surface area contributed by atoms with E-state index in [0.29, 0.717) is 57.1 Å². The molecule has 17 heteroatoms. The summed E-state index contributed by atoms with van der Waals surface area (Å²) in [6, 6.07) is 7.10. The monoisotopic (exact) mass is 883 g/mol. The van der Waals surface area contributed by atoms with Crippen molar-refractivity contribution in [2.24, 2.45) is 17.1 Å². The Balaban J connectivity index is 1.17. The fourth-order valence-corrected chi connectivity index (χ4v) is 10.6. The van der Waals surface area contributed by atoms with E-state index >= 15 is 0 Å². The molecule has 0 saturated carbocycles. The molecule has 4 aliphatic rings. The zero-order valence-electron chi connectivity index (χ0n) is 37.6. The molecule has 6 atom stereocenters. The Morgan fingerprint density at radius 1 is 1.17 bits per heavy atom. The largest absolute Gasteiger partial charge is 0.464 e. The molecule has 3 fully saturated rings. The lowest BCUT2D eigenvalue weighted by Gasteiger charge is -2.51. The van der Waals surface area contributed by atoms with Crippen molar-refractivity contribution in [3.63, 3.8) is 0 Å². The summed E-state index contributed by atoms with van der Waals surface area (Å²) in [7, 11) is 3.29. The number of amides is 4. The van der Waals surface area contributed by atoms with Crippen molar-refractivity contribution < 1.29 is 33.4 Å². The van der Waals surface area contributed by atoms with Crippen LogP contribution < -0.4 is 16.5 Å². The number of thiazole rings is 1. The molecule has 7 heterocycles. The summed E-state index contributed by atoms with van der Waals surface area (Å²) in [5, 5.41) is 8.14. The van der Waals surface area contributed by atoms with Gasteiger partial charge in [-0.15, -0.1) is 11.3 Å². The van der Waals surface area contributed by atoms with Crippen molar-refractivity contribution in [1.29, 1.82) is 0 Å². The van der Waals surface area contributed by atoms with Gasteiger partial charge in [-0.2, -0.15) is 0 Å². The van der Waals surface area contributed by atoms with E-state index < -0.39 is 46.9 Å². The third kappa shape index (κ3) is 8.45. The SMILES string of the molecule is CCn1c(-c2cccnc2[C@H](C)OC)c2c3cc(ccc31)-c1csc(n1)C[C@H](NC(=O)C(C(C)C)N(C)C(=O)N1C[C@@]3(N)COC[C@@H]13)C(=O)N1CCC[C@H](N1)C(=O)OCC(C)(C)C2. The van der Waals surface area contributed by atoms with E-state index in [-0.39, 0.29) is 37.1 Å². The Kier molecular flexibility index (Phi) is 12.4. The Bertz CT molecular complexity index is 2400. The number of ether oxygens (including phenoxy) is 3. The van der Waals surface area contributed by atoms with Gasteiger partial charge in [0.05, 0.1) is 59.6 Å². The molecule has 4 aromatic rings. The highest BCUT2D eigenvalue weighted by Crippen LogP contribution is 2.42. The molecule has 16 nitrogen and oxygen atoms in total. The number of urea groups is 1. The predicted octanol–water partition coefficient (Wildman–Crippen LogP) is 4.69. The number of benzene rings is 1. The maximum absolute atomic E-state index is 14.6. The van der Waals surface area contributed by atoms with E-state index in [1.54, 1.807) is 25.3 Å². The summed E-state index contributed by atoms with van der Waals surface area (Å²) < 4.78 is 19.8. The van der Waals surface area contributed by atoms with Gasteiger partial charge in [0.2, 0.25) is 5.91 Å². The molecule has 1 aromatic carbocycles. The van der Waals surface area contributed by atoms with Gasteiger partial charge in [0.15, 0.2) is 0 Å². The van der Waals surface area contributed by atoms with Gasteiger partial charge < -0.3 is 39.6 Å². The number of aromatic nitrogens is 3. The number of aryl methyl sites for hydroxylation is 1. The van der Waals surface area contributed by atoms with Crippen LogP contribution in [0.15, 0.2) is 41.9 Å². The zero-order valence-corrected chi connectivity index (χ0v) is 38.4. The normalized spacial score (nSPS) is 24.6. The molecule has 63 heavy (non-hydrogen) atoms. The van der Waals surface area contributed by atoms with Crippen LogP contribution >= 0.6 is 11.3 Å². The highest BCUT2D eigenvalue weighted by Gasteiger charge is 2.57. The number of fused-ring (bicyclic) bond motifs is 7. The number of hydrogen-bond donors (Lipinski definition) is 3. The Hall–Kier alpha value is -4.94. The van der Waals surface area contributed by atoms with Gasteiger partial charge in [0.1, 0.15) is 18.1 Å². The molecule has 4 amide bonds. The van der Waals surface area contributed by atoms with Crippen LogP contribution in [0.25, 0.3) is 33.4 Å². The third-order valence-electron chi connectivity index (χ3n) is 13.2. The van der Waals surface area contributed by atoms with Crippen LogP contribution in [0.3, 0.4) is 0 Å². The number of nitrogens with one attached hydrogen (secondary N) is 2. The van der Waals surface area contributed by atoms with E-state index in [1.165, 1.54) is 21.2 Å². The molecule has 3 aromatic heterocycles. The molecule has 338 valence electrons. The number of cyclic esters (lactones) is 1. The number of carbonyl (C=O) groups excluding carboxylic acids is 4. The number of esters is 1. The zero-order chi connectivity index (χ0) is 45.0.